The minimum atomic E-state index is -0.184. The van der Waals surface area contributed by atoms with E-state index in [9.17, 15) is 4.79 Å². The molecule has 0 saturated heterocycles. The van der Waals surface area contributed by atoms with Crippen LogP contribution in [0.15, 0.2) is 75.6 Å². The van der Waals surface area contributed by atoms with Crippen LogP contribution in [0.5, 0.6) is 5.75 Å². The molecule has 27 heavy (non-hydrogen) atoms. The number of hydrogen-bond donors (Lipinski definition) is 1. The normalized spacial score (nSPS) is 10.7. The Morgan fingerprint density at radius 1 is 1.07 bits per heavy atom. The standard InChI is InChI=1S/C21H15BrN2O3/c1-26-17-8-9-19-18(12-17)24-21(27-19)14-5-3-7-16(11-14)23-20(25)13-4-2-6-15(22)10-13/h2-12H,1H3,(H,23,25). The molecular formula is C21H15BrN2O3. The molecular weight excluding hydrogens is 408 g/mol. The summed E-state index contributed by atoms with van der Waals surface area (Å²) in [5.41, 5.74) is 3.40. The molecule has 0 unspecified atom stereocenters. The van der Waals surface area contributed by atoms with E-state index in [4.69, 9.17) is 9.15 Å². The van der Waals surface area contributed by atoms with Gasteiger partial charge in [0.1, 0.15) is 11.3 Å². The van der Waals surface area contributed by atoms with Crippen LogP contribution >= 0.6 is 15.9 Å². The maximum Gasteiger partial charge on any atom is 0.255 e. The zero-order valence-corrected chi connectivity index (χ0v) is 16.0. The second-order valence-electron chi connectivity index (χ2n) is 5.90. The fourth-order valence-electron chi connectivity index (χ4n) is 2.72. The molecule has 0 atom stereocenters. The Kier molecular flexibility index (Phi) is 4.64. The van der Waals surface area contributed by atoms with Gasteiger partial charge in [0.15, 0.2) is 5.58 Å². The number of hydrogen-bond acceptors (Lipinski definition) is 4. The first kappa shape index (κ1) is 17.3. The predicted octanol–water partition coefficient (Wildman–Crippen LogP) is 5.52. The van der Waals surface area contributed by atoms with E-state index in [2.05, 4.69) is 26.2 Å². The van der Waals surface area contributed by atoms with Gasteiger partial charge in [-0.1, -0.05) is 28.1 Å². The highest BCUT2D eigenvalue weighted by molar-refractivity contribution is 9.10. The number of nitrogens with zero attached hydrogens (tertiary/aromatic N) is 1. The van der Waals surface area contributed by atoms with Gasteiger partial charge in [0.25, 0.3) is 5.91 Å². The van der Waals surface area contributed by atoms with Gasteiger partial charge in [-0.05, 0) is 48.5 Å². The summed E-state index contributed by atoms with van der Waals surface area (Å²) in [4.78, 5) is 17.0. The van der Waals surface area contributed by atoms with E-state index >= 15 is 0 Å². The molecule has 6 heteroatoms. The molecule has 0 bridgehead atoms. The van der Waals surface area contributed by atoms with Crippen LogP contribution in [-0.4, -0.2) is 18.0 Å². The number of nitrogens with one attached hydrogen (secondary N) is 1. The maximum atomic E-state index is 12.4. The average molecular weight is 423 g/mol. The van der Waals surface area contributed by atoms with Crippen molar-refractivity contribution < 1.29 is 13.9 Å². The summed E-state index contributed by atoms with van der Waals surface area (Å²) in [5, 5.41) is 2.90. The summed E-state index contributed by atoms with van der Waals surface area (Å²) in [5.74, 6) is 1.02. The Hall–Kier alpha value is -3.12. The van der Waals surface area contributed by atoms with Crippen molar-refractivity contribution in [2.45, 2.75) is 0 Å². The summed E-state index contributed by atoms with van der Waals surface area (Å²) in [7, 11) is 1.61. The number of methoxy groups -OCH3 is 1. The van der Waals surface area contributed by atoms with E-state index in [-0.39, 0.29) is 5.91 Å². The molecule has 0 aliphatic rings. The SMILES string of the molecule is COc1ccc2oc(-c3cccc(NC(=O)c4cccc(Br)c4)c3)nc2c1. The largest absolute Gasteiger partial charge is 0.497 e. The van der Waals surface area contributed by atoms with Gasteiger partial charge in [-0.2, -0.15) is 0 Å². The first-order valence-electron chi connectivity index (χ1n) is 8.24. The van der Waals surface area contributed by atoms with E-state index < -0.39 is 0 Å². The van der Waals surface area contributed by atoms with Crippen molar-refractivity contribution in [1.29, 1.82) is 0 Å². The number of fused-ring (bicyclic) bond motifs is 1. The number of carbonyl (C=O) groups is 1. The number of carbonyl (C=O) groups excluding carboxylic acids is 1. The lowest BCUT2D eigenvalue weighted by Gasteiger charge is -2.06. The summed E-state index contributed by atoms with van der Waals surface area (Å²) < 4.78 is 11.9. The van der Waals surface area contributed by atoms with Crippen molar-refractivity contribution in [1.82, 2.24) is 4.98 Å². The van der Waals surface area contributed by atoms with E-state index in [1.54, 1.807) is 19.2 Å². The van der Waals surface area contributed by atoms with Gasteiger partial charge in [-0.15, -0.1) is 0 Å². The number of anilines is 1. The third-order valence-corrected chi connectivity index (χ3v) is 4.54. The van der Waals surface area contributed by atoms with Crippen molar-refractivity contribution in [3.8, 4) is 17.2 Å². The Balaban J connectivity index is 1.61. The molecule has 5 nitrogen and oxygen atoms in total. The lowest BCUT2D eigenvalue weighted by molar-refractivity contribution is 0.102. The second-order valence-corrected chi connectivity index (χ2v) is 6.81. The number of rotatable bonds is 4. The molecule has 1 amide bonds. The van der Waals surface area contributed by atoms with Crippen molar-refractivity contribution in [2.75, 3.05) is 12.4 Å². The third kappa shape index (κ3) is 3.71. The second kappa shape index (κ2) is 7.25. The zero-order valence-electron chi connectivity index (χ0n) is 14.4. The van der Waals surface area contributed by atoms with Crippen LogP contribution in [-0.2, 0) is 0 Å². The van der Waals surface area contributed by atoms with Gasteiger partial charge in [0, 0.05) is 27.4 Å². The van der Waals surface area contributed by atoms with Gasteiger partial charge in [-0.3, -0.25) is 4.79 Å². The van der Waals surface area contributed by atoms with Crippen molar-refractivity contribution >= 4 is 38.6 Å². The first-order valence-corrected chi connectivity index (χ1v) is 9.03. The molecule has 134 valence electrons. The average Bonchev–Trinajstić information content (AvgIpc) is 3.11. The predicted molar refractivity (Wildman–Crippen MR) is 108 cm³/mol. The van der Waals surface area contributed by atoms with Crippen LogP contribution < -0.4 is 10.1 Å². The van der Waals surface area contributed by atoms with Gasteiger partial charge >= 0.3 is 0 Å². The number of oxazole rings is 1. The highest BCUT2D eigenvalue weighted by Crippen LogP contribution is 2.28. The lowest BCUT2D eigenvalue weighted by atomic mass is 10.1. The molecule has 3 aromatic carbocycles. The summed E-state index contributed by atoms with van der Waals surface area (Å²) in [6, 6.07) is 20.1. The molecule has 1 aromatic heterocycles. The number of halogens is 1. The summed E-state index contributed by atoms with van der Waals surface area (Å²) in [6.07, 6.45) is 0. The fourth-order valence-corrected chi connectivity index (χ4v) is 3.12. The van der Waals surface area contributed by atoms with Gasteiger partial charge in [0.2, 0.25) is 5.89 Å². The molecule has 0 aliphatic heterocycles. The number of ether oxygens (including phenoxy) is 1. The zero-order chi connectivity index (χ0) is 18.8. The molecule has 1 N–H and O–H groups in total. The molecule has 0 spiro atoms. The van der Waals surface area contributed by atoms with E-state index in [1.165, 1.54) is 0 Å². The maximum absolute atomic E-state index is 12.4. The van der Waals surface area contributed by atoms with Gasteiger partial charge in [-0.25, -0.2) is 4.98 Å². The number of benzene rings is 3. The Morgan fingerprint density at radius 3 is 2.74 bits per heavy atom. The van der Waals surface area contributed by atoms with Gasteiger partial charge < -0.3 is 14.5 Å². The van der Waals surface area contributed by atoms with Crippen LogP contribution in [0.2, 0.25) is 0 Å². The number of aromatic nitrogens is 1. The summed E-state index contributed by atoms with van der Waals surface area (Å²) in [6.45, 7) is 0. The Morgan fingerprint density at radius 2 is 1.93 bits per heavy atom. The van der Waals surface area contributed by atoms with Crippen molar-refractivity contribution in [2.24, 2.45) is 0 Å². The molecule has 4 aromatic rings. The highest BCUT2D eigenvalue weighted by Gasteiger charge is 2.11. The lowest BCUT2D eigenvalue weighted by Crippen LogP contribution is -2.11. The van der Waals surface area contributed by atoms with E-state index in [0.717, 1.165) is 15.8 Å². The van der Waals surface area contributed by atoms with Crippen LogP contribution in [0.25, 0.3) is 22.6 Å². The smallest absolute Gasteiger partial charge is 0.255 e. The van der Waals surface area contributed by atoms with E-state index in [0.29, 0.717) is 28.2 Å². The minimum absolute atomic E-state index is 0.184. The molecule has 4 rings (SSSR count). The molecule has 0 aliphatic carbocycles. The van der Waals surface area contributed by atoms with Crippen molar-refractivity contribution in [3.63, 3.8) is 0 Å². The number of amides is 1. The molecule has 0 saturated carbocycles. The molecule has 1 heterocycles. The van der Waals surface area contributed by atoms with Crippen LogP contribution in [0.4, 0.5) is 5.69 Å². The topological polar surface area (TPSA) is 64.4 Å². The van der Waals surface area contributed by atoms with Crippen LogP contribution in [0.1, 0.15) is 10.4 Å². The monoisotopic (exact) mass is 422 g/mol. The molecule has 0 fully saturated rings. The van der Waals surface area contributed by atoms with E-state index in [1.807, 2.05) is 54.6 Å². The highest BCUT2D eigenvalue weighted by atomic mass is 79.9. The van der Waals surface area contributed by atoms with Gasteiger partial charge in [0.05, 0.1) is 7.11 Å². The molecule has 0 radical (unpaired) electrons. The van der Waals surface area contributed by atoms with Crippen LogP contribution in [0, 0.1) is 0 Å². The fraction of sp³-hybridized carbons (Fsp3) is 0.0476. The third-order valence-electron chi connectivity index (χ3n) is 4.05. The summed E-state index contributed by atoms with van der Waals surface area (Å²) >= 11 is 3.38. The van der Waals surface area contributed by atoms with Crippen LogP contribution in [0.3, 0.4) is 0 Å². The Labute approximate surface area is 164 Å². The minimum Gasteiger partial charge on any atom is -0.497 e. The Bertz CT molecular complexity index is 1140. The van der Waals surface area contributed by atoms with Crippen molar-refractivity contribution in [3.05, 3.63) is 76.8 Å². The quantitative estimate of drug-likeness (QED) is 0.470. The first-order chi connectivity index (χ1) is 13.1.